The third-order valence-electron chi connectivity index (χ3n) is 2.76. The van der Waals surface area contributed by atoms with Crippen LogP contribution < -0.4 is 11.1 Å². The van der Waals surface area contributed by atoms with Gasteiger partial charge < -0.3 is 15.8 Å². The van der Waals surface area contributed by atoms with Gasteiger partial charge in [-0.3, -0.25) is 4.79 Å². The van der Waals surface area contributed by atoms with Gasteiger partial charge >= 0.3 is 0 Å². The lowest BCUT2D eigenvalue weighted by Crippen LogP contribution is -2.44. The zero-order valence-corrected chi connectivity index (χ0v) is 12.1. The van der Waals surface area contributed by atoms with Crippen molar-refractivity contribution < 1.29 is 9.53 Å². The molecule has 4 nitrogen and oxygen atoms in total. The third kappa shape index (κ3) is 7.34. The molecule has 0 bridgehead atoms. The first-order chi connectivity index (χ1) is 7.58. The smallest absolute Gasteiger partial charge is 0.221 e. The van der Waals surface area contributed by atoms with E-state index in [0.717, 1.165) is 0 Å². The van der Waals surface area contributed by atoms with Crippen molar-refractivity contribution in [3.8, 4) is 0 Å². The Morgan fingerprint density at radius 2 is 1.82 bits per heavy atom. The second-order valence-corrected chi connectivity index (χ2v) is 6.15. The van der Waals surface area contributed by atoms with E-state index in [0.29, 0.717) is 19.6 Å². The lowest BCUT2D eigenvalue weighted by atomic mass is 9.85. The van der Waals surface area contributed by atoms with E-state index in [-0.39, 0.29) is 23.0 Å². The maximum atomic E-state index is 11.7. The summed E-state index contributed by atoms with van der Waals surface area (Å²) in [5, 5.41) is 2.87. The number of hydrogen-bond donors (Lipinski definition) is 2. The molecule has 0 aliphatic rings. The quantitative estimate of drug-likeness (QED) is 0.747. The third-order valence-corrected chi connectivity index (χ3v) is 2.76. The van der Waals surface area contributed by atoms with Gasteiger partial charge in [0.25, 0.3) is 0 Å². The number of nitrogens with one attached hydrogen (secondary N) is 1. The molecular weight excluding hydrogens is 216 g/mol. The minimum Gasteiger partial charge on any atom is -0.374 e. The summed E-state index contributed by atoms with van der Waals surface area (Å²) in [5.41, 5.74) is 5.59. The lowest BCUT2D eigenvalue weighted by molar-refractivity contribution is -0.123. The Kier molecular flexibility index (Phi) is 6.13. The molecular formula is C13H28N2O2. The Morgan fingerprint density at radius 3 is 2.24 bits per heavy atom. The van der Waals surface area contributed by atoms with Crippen molar-refractivity contribution in [3.05, 3.63) is 0 Å². The van der Waals surface area contributed by atoms with Crippen molar-refractivity contribution in [2.24, 2.45) is 11.1 Å². The van der Waals surface area contributed by atoms with Crippen molar-refractivity contribution in [2.75, 3.05) is 13.2 Å². The lowest BCUT2D eigenvalue weighted by Gasteiger charge is -2.28. The number of hydrogen-bond acceptors (Lipinski definition) is 3. The molecule has 0 heterocycles. The number of ether oxygens (including phenoxy) is 1. The molecule has 0 saturated carbocycles. The van der Waals surface area contributed by atoms with Crippen LogP contribution in [-0.4, -0.2) is 30.7 Å². The number of amides is 1. The monoisotopic (exact) mass is 244 g/mol. The van der Waals surface area contributed by atoms with Gasteiger partial charge in [-0.15, -0.1) is 0 Å². The van der Waals surface area contributed by atoms with Crippen LogP contribution in [0.5, 0.6) is 0 Å². The van der Waals surface area contributed by atoms with Gasteiger partial charge in [-0.1, -0.05) is 20.8 Å². The van der Waals surface area contributed by atoms with Crippen molar-refractivity contribution in [3.63, 3.8) is 0 Å². The first-order valence-electron chi connectivity index (χ1n) is 6.24. The number of nitrogens with two attached hydrogens (primary N) is 1. The molecule has 0 aromatic rings. The number of carbonyl (C=O) groups excluding carboxylic acids is 1. The molecule has 1 atom stereocenters. The Hall–Kier alpha value is -0.610. The zero-order valence-electron chi connectivity index (χ0n) is 12.1. The second kappa shape index (κ2) is 6.36. The van der Waals surface area contributed by atoms with Crippen molar-refractivity contribution >= 4 is 5.91 Å². The largest absolute Gasteiger partial charge is 0.374 e. The zero-order chi connectivity index (χ0) is 13.7. The highest BCUT2D eigenvalue weighted by molar-refractivity contribution is 5.76. The fourth-order valence-electron chi connectivity index (χ4n) is 1.33. The van der Waals surface area contributed by atoms with E-state index in [2.05, 4.69) is 5.32 Å². The minimum absolute atomic E-state index is 0.0137. The summed E-state index contributed by atoms with van der Waals surface area (Å²) in [6.07, 6.45) is 0.353. The minimum atomic E-state index is -0.323. The molecule has 0 rings (SSSR count). The fourth-order valence-corrected chi connectivity index (χ4v) is 1.33. The molecule has 4 heteroatoms. The van der Waals surface area contributed by atoms with Crippen LogP contribution in [0, 0.1) is 5.41 Å². The van der Waals surface area contributed by atoms with Crippen LogP contribution in [-0.2, 0) is 9.53 Å². The summed E-state index contributed by atoms with van der Waals surface area (Å²) in [6, 6.07) is -0.127. The van der Waals surface area contributed by atoms with Crippen molar-refractivity contribution in [2.45, 2.75) is 59.6 Å². The molecule has 1 amide bonds. The summed E-state index contributed by atoms with van der Waals surface area (Å²) in [6.45, 7) is 13.1. The highest BCUT2D eigenvalue weighted by atomic mass is 16.5. The Bertz CT molecular complexity index is 244. The maximum absolute atomic E-state index is 11.7. The molecule has 0 aromatic heterocycles. The SMILES string of the molecule is CCOC(C)(C)CNC(=O)CC(N)C(C)(C)C. The van der Waals surface area contributed by atoms with Crippen LogP contribution in [0.15, 0.2) is 0 Å². The normalized spacial score (nSPS) is 14.5. The fraction of sp³-hybridized carbons (Fsp3) is 0.923. The van der Waals surface area contributed by atoms with Gasteiger partial charge in [-0.25, -0.2) is 0 Å². The van der Waals surface area contributed by atoms with Gasteiger partial charge in [-0.2, -0.15) is 0 Å². The van der Waals surface area contributed by atoms with Crippen LogP contribution in [0.2, 0.25) is 0 Å². The van der Waals surface area contributed by atoms with Crippen LogP contribution in [0.25, 0.3) is 0 Å². The first kappa shape index (κ1) is 16.4. The molecule has 0 aliphatic carbocycles. The van der Waals surface area contributed by atoms with Crippen LogP contribution in [0.1, 0.15) is 48.0 Å². The second-order valence-electron chi connectivity index (χ2n) is 6.15. The first-order valence-corrected chi connectivity index (χ1v) is 6.24. The van der Waals surface area contributed by atoms with Crippen molar-refractivity contribution in [1.82, 2.24) is 5.32 Å². The summed E-state index contributed by atoms with van der Waals surface area (Å²) in [4.78, 5) is 11.7. The maximum Gasteiger partial charge on any atom is 0.221 e. The Labute approximate surface area is 105 Å². The Balaban J connectivity index is 4.04. The predicted octanol–water partition coefficient (Wildman–Crippen LogP) is 1.68. The van der Waals surface area contributed by atoms with Crippen LogP contribution in [0.4, 0.5) is 0 Å². The van der Waals surface area contributed by atoms with E-state index in [1.54, 1.807) is 0 Å². The van der Waals surface area contributed by atoms with E-state index in [1.165, 1.54) is 0 Å². The van der Waals surface area contributed by atoms with E-state index < -0.39 is 0 Å². The van der Waals surface area contributed by atoms with Gasteiger partial charge in [0.15, 0.2) is 0 Å². The number of rotatable bonds is 6. The predicted molar refractivity (Wildman–Crippen MR) is 70.8 cm³/mol. The highest BCUT2D eigenvalue weighted by Crippen LogP contribution is 2.19. The summed E-state index contributed by atoms with van der Waals surface area (Å²) < 4.78 is 5.51. The van der Waals surface area contributed by atoms with E-state index in [4.69, 9.17) is 10.5 Å². The molecule has 1 unspecified atom stereocenters. The standard InChI is InChI=1S/C13H28N2O2/c1-7-17-13(5,6)9-15-11(16)8-10(14)12(2,3)4/h10H,7-9,14H2,1-6H3,(H,15,16). The molecule has 0 aliphatic heterocycles. The highest BCUT2D eigenvalue weighted by Gasteiger charge is 2.24. The summed E-state index contributed by atoms with van der Waals surface area (Å²) in [5.74, 6) is -0.0137. The Morgan fingerprint density at radius 1 is 1.29 bits per heavy atom. The molecule has 0 radical (unpaired) electrons. The molecule has 0 spiro atoms. The van der Waals surface area contributed by atoms with E-state index in [9.17, 15) is 4.79 Å². The molecule has 0 aromatic carbocycles. The molecule has 17 heavy (non-hydrogen) atoms. The van der Waals surface area contributed by atoms with Crippen LogP contribution >= 0.6 is 0 Å². The average molecular weight is 244 g/mol. The van der Waals surface area contributed by atoms with Crippen molar-refractivity contribution in [1.29, 1.82) is 0 Å². The average Bonchev–Trinajstić information content (AvgIpc) is 2.13. The van der Waals surface area contributed by atoms with E-state index >= 15 is 0 Å². The van der Waals surface area contributed by atoms with Gasteiger partial charge in [0.1, 0.15) is 0 Å². The van der Waals surface area contributed by atoms with Gasteiger partial charge in [0, 0.05) is 25.6 Å². The van der Waals surface area contributed by atoms with Gasteiger partial charge in [0.2, 0.25) is 5.91 Å². The van der Waals surface area contributed by atoms with Gasteiger partial charge in [0.05, 0.1) is 5.60 Å². The molecule has 0 saturated heterocycles. The topological polar surface area (TPSA) is 64.3 Å². The van der Waals surface area contributed by atoms with E-state index in [1.807, 2.05) is 41.5 Å². The van der Waals surface area contributed by atoms with Gasteiger partial charge in [-0.05, 0) is 26.2 Å². The summed E-state index contributed by atoms with van der Waals surface area (Å²) in [7, 11) is 0. The molecule has 0 fully saturated rings. The van der Waals surface area contributed by atoms with Crippen LogP contribution in [0.3, 0.4) is 0 Å². The summed E-state index contributed by atoms with van der Waals surface area (Å²) >= 11 is 0. The molecule has 3 N–H and O–H groups in total. The molecule has 102 valence electrons. The number of carbonyl (C=O) groups is 1.